The Bertz CT molecular complexity index is 1450. The third-order valence-electron chi connectivity index (χ3n) is 6.35. The second-order valence-corrected chi connectivity index (χ2v) is 10.8. The van der Waals surface area contributed by atoms with Crippen molar-refractivity contribution in [3.8, 4) is 0 Å². The third kappa shape index (κ3) is 7.74. The van der Waals surface area contributed by atoms with Crippen molar-refractivity contribution in [3.63, 3.8) is 0 Å². The number of halogens is 1. The van der Waals surface area contributed by atoms with Gasteiger partial charge in [0.2, 0.25) is 6.10 Å². The molecule has 1 aromatic carbocycles. The van der Waals surface area contributed by atoms with Crippen molar-refractivity contribution in [2.75, 3.05) is 6.61 Å². The molecular weight excluding hydrogens is 571 g/mol. The quantitative estimate of drug-likeness (QED) is 0.273. The Hall–Kier alpha value is -4.33. The molecule has 0 N–H and O–H groups in total. The first kappa shape index (κ1) is 33.2. The van der Waals surface area contributed by atoms with Crippen LogP contribution >= 0.6 is 0 Å². The van der Waals surface area contributed by atoms with Crippen LogP contribution < -0.4 is 11.2 Å². The average Bonchev–Trinajstić information content (AvgIpc) is 3.22. The Labute approximate surface area is 246 Å². The average molecular weight is 607 g/mol. The number of carbonyl (C=O) groups excluding carboxylic acids is 4. The van der Waals surface area contributed by atoms with Crippen LogP contribution in [0.3, 0.4) is 0 Å². The summed E-state index contributed by atoms with van der Waals surface area (Å²) in [6.45, 7) is 7.13. The van der Waals surface area contributed by atoms with E-state index in [0.29, 0.717) is 4.57 Å². The van der Waals surface area contributed by atoms with Gasteiger partial charge >= 0.3 is 29.6 Å². The molecule has 2 aromatic rings. The highest BCUT2D eigenvalue weighted by molar-refractivity contribution is 5.89. The van der Waals surface area contributed by atoms with E-state index >= 15 is 4.39 Å². The molecule has 1 fully saturated rings. The Morgan fingerprint density at radius 1 is 0.860 bits per heavy atom. The lowest BCUT2D eigenvalue weighted by atomic mass is 10.1. The van der Waals surface area contributed by atoms with E-state index in [0.717, 1.165) is 16.8 Å². The summed E-state index contributed by atoms with van der Waals surface area (Å²) in [7, 11) is 0. The first-order valence-corrected chi connectivity index (χ1v) is 13.6. The minimum atomic E-state index is -3.08. The lowest BCUT2D eigenvalue weighted by Gasteiger charge is -2.28. The van der Waals surface area contributed by atoms with Crippen LogP contribution in [0.1, 0.15) is 58.1 Å². The van der Waals surface area contributed by atoms with Gasteiger partial charge in [0.1, 0.15) is 0 Å². The number of ether oxygens (including phenoxy) is 5. The topological polar surface area (TPSA) is 158 Å². The van der Waals surface area contributed by atoms with E-state index in [1.165, 1.54) is 53.7 Å². The number of hydrogen-bond donors (Lipinski definition) is 0. The zero-order valence-corrected chi connectivity index (χ0v) is 24.7. The number of carbonyl (C=O) groups is 4. The van der Waals surface area contributed by atoms with Crippen LogP contribution in [0.25, 0.3) is 0 Å². The SMILES string of the molecule is CC(C)C(=O)OC[C@@]1(F)O[C@@H](n2ccc(=O)n(COC(=O)c3ccccc3)c2=O)[C@H](OC(=O)C(C)C)[C@@H]1OC(=O)C(C)C. The second-order valence-electron chi connectivity index (χ2n) is 10.8. The van der Waals surface area contributed by atoms with E-state index in [1.807, 2.05) is 0 Å². The largest absolute Gasteiger partial charge is 0.459 e. The number of aromatic nitrogens is 2. The van der Waals surface area contributed by atoms with Crippen molar-refractivity contribution in [1.82, 2.24) is 9.13 Å². The van der Waals surface area contributed by atoms with Crippen LogP contribution in [0.5, 0.6) is 0 Å². The summed E-state index contributed by atoms with van der Waals surface area (Å²) >= 11 is 0. The molecule has 0 unspecified atom stereocenters. The van der Waals surface area contributed by atoms with Crippen LogP contribution in [0.2, 0.25) is 0 Å². The molecule has 14 heteroatoms. The monoisotopic (exact) mass is 606 g/mol. The number of alkyl halides is 1. The van der Waals surface area contributed by atoms with E-state index in [2.05, 4.69) is 0 Å². The van der Waals surface area contributed by atoms with Crippen molar-refractivity contribution < 1.29 is 47.3 Å². The van der Waals surface area contributed by atoms with Crippen LogP contribution in [0.15, 0.2) is 52.2 Å². The molecule has 0 spiro atoms. The number of nitrogens with zero attached hydrogens (tertiary/aromatic N) is 2. The van der Waals surface area contributed by atoms with Crippen molar-refractivity contribution in [1.29, 1.82) is 0 Å². The van der Waals surface area contributed by atoms with Gasteiger partial charge in [-0.1, -0.05) is 59.7 Å². The molecule has 4 atom stereocenters. The normalized spacial score (nSPS) is 21.6. The van der Waals surface area contributed by atoms with Gasteiger partial charge in [0.25, 0.3) is 11.4 Å². The van der Waals surface area contributed by atoms with E-state index in [9.17, 15) is 28.8 Å². The fourth-order valence-electron chi connectivity index (χ4n) is 3.83. The lowest BCUT2D eigenvalue weighted by molar-refractivity contribution is -0.226. The van der Waals surface area contributed by atoms with Crippen molar-refractivity contribution in [2.45, 2.75) is 72.6 Å². The van der Waals surface area contributed by atoms with Gasteiger partial charge < -0.3 is 23.7 Å². The number of rotatable bonds is 11. The molecule has 0 amide bonds. The first-order chi connectivity index (χ1) is 20.2. The number of esters is 4. The van der Waals surface area contributed by atoms with E-state index < -0.39 is 90.5 Å². The van der Waals surface area contributed by atoms with Crippen LogP contribution in [0.4, 0.5) is 4.39 Å². The Kier molecular flexibility index (Phi) is 10.6. The highest BCUT2D eigenvalue weighted by atomic mass is 19.2. The highest BCUT2D eigenvalue weighted by Gasteiger charge is 2.62. The van der Waals surface area contributed by atoms with Crippen molar-refractivity contribution >= 4 is 23.9 Å². The van der Waals surface area contributed by atoms with Crippen LogP contribution in [-0.2, 0) is 44.8 Å². The number of benzene rings is 1. The molecule has 1 aliphatic rings. The Morgan fingerprint density at radius 3 is 2.02 bits per heavy atom. The summed E-state index contributed by atoms with van der Waals surface area (Å²) in [5, 5.41) is 0. The van der Waals surface area contributed by atoms with Gasteiger partial charge in [0, 0.05) is 12.3 Å². The standard InChI is InChI=1S/C29H35FN2O11/c1-16(2)24(34)39-14-29(30)22(42-26(36)18(5)6)21(41-25(35)17(3)4)23(43-29)31-13-12-20(33)32(28(31)38)15-40-27(37)19-10-8-7-9-11-19/h7-13,16-18,21-23H,14-15H2,1-6H3/t21-,22+,23-,29-/m1/s1. The second kappa shape index (κ2) is 13.8. The molecule has 0 saturated carbocycles. The predicted octanol–water partition coefficient (Wildman–Crippen LogP) is 2.35. The molecule has 1 aliphatic heterocycles. The van der Waals surface area contributed by atoms with Gasteiger partial charge in [-0.05, 0) is 12.1 Å². The molecule has 13 nitrogen and oxygen atoms in total. The van der Waals surface area contributed by atoms with Gasteiger partial charge in [-0.2, -0.15) is 0 Å². The van der Waals surface area contributed by atoms with Gasteiger partial charge in [-0.3, -0.25) is 23.7 Å². The van der Waals surface area contributed by atoms with Crippen LogP contribution in [-0.4, -0.2) is 57.7 Å². The molecule has 0 radical (unpaired) electrons. The summed E-state index contributed by atoms with van der Waals surface area (Å²) in [6, 6.07) is 8.74. The molecule has 1 saturated heterocycles. The summed E-state index contributed by atoms with van der Waals surface area (Å²) in [6.07, 6.45) is -4.59. The summed E-state index contributed by atoms with van der Waals surface area (Å²) < 4.78 is 44.5. The van der Waals surface area contributed by atoms with Crippen molar-refractivity contribution in [2.24, 2.45) is 17.8 Å². The molecular formula is C29H35FN2O11. The molecule has 2 heterocycles. The molecule has 0 aliphatic carbocycles. The fourth-order valence-corrected chi connectivity index (χ4v) is 3.83. The van der Waals surface area contributed by atoms with Gasteiger partial charge in [-0.15, -0.1) is 0 Å². The van der Waals surface area contributed by atoms with E-state index in [1.54, 1.807) is 18.2 Å². The molecule has 1 aromatic heterocycles. The third-order valence-corrected chi connectivity index (χ3v) is 6.35. The molecule has 234 valence electrons. The highest BCUT2D eigenvalue weighted by Crippen LogP contribution is 2.42. The maximum Gasteiger partial charge on any atom is 0.339 e. The van der Waals surface area contributed by atoms with Crippen LogP contribution in [0, 0.1) is 17.8 Å². The van der Waals surface area contributed by atoms with Gasteiger partial charge in [-0.25, -0.2) is 18.5 Å². The predicted molar refractivity (Wildman–Crippen MR) is 146 cm³/mol. The van der Waals surface area contributed by atoms with E-state index in [4.69, 9.17) is 23.7 Å². The molecule has 0 bridgehead atoms. The van der Waals surface area contributed by atoms with Gasteiger partial charge in [0.05, 0.1) is 23.3 Å². The Morgan fingerprint density at radius 2 is 1.44 bits per heavy atom. The lowest BCUT2D eigenvalue weighted by Crippen LogP contribution is -2.49. The zero-order chi connectivity index (χ0) is 32.1. The summed E-state index contributed by atoms with van der Waals surface area (Å²) in [5.41, 5.74) is -1.82. The minimum absolute atomic E-state index is 0.166. The molecule has 3 rings (SSSR count). The summed E-state index contributed by atoms with van der Waals surface area (Å²) in [5.74, 6) is -8.53. The van der Waals surface area contributed by atoms with Gasteiger partial charge in [0.15, 0.2) is 25.7 Å². The number of hydrogen-bond acceptors (Lipinski definition) is 11. The molecule has 43 heavy (non-hydrogen) atoms. The zero-order valence-electron chi connectivity index (χ0n) is 24.7. The fraction of sp³-hybridized carbons (Fsp3) is 0.517. The van der Waals surface area contributed by atoms with E-state index in [-0.39, 0.29) is 5.56 Å². The minimum Gasteiger partial charge on any atom is -0.459 e. The van der Waals surface area contributed by atoms with Crippen molar-refractivity contribution in [3.05, 3.63) is 69.0 Å². The summed E-state index contributed by atoms with van der Waals surface area (Å²) in [4.78, 5) is 76.0. The first-order valence-electron chi connectivity index (χ1n) is 13.6. The smallest absolute Gasteiger partial charge is 0.339 e. The maximum atomic E-state index is 16.6. The Balaban J connectivity index is 2.06. The maximum absolute atomic E-state index is 16.6.